The number of hydroxylamine groups is 2. The highest BCUT2D eigenvalue weighted by Gasteiger charge is 2.34. The summed E-state index contributed by atoms with van der Waals surface area (Å²) in [7, 11) is 0. The van der Waals surface area contributed by atoms with Gasteiger partial charge < -0.3 is 10.2 Å². The molecule has 4 heterocycles. The molecule has 0 aliphatic carbocycles. The monoisotopic (exact) mass is 315 g/mol. The molecule has 122 valence electrons. The standard InChI is InChI=1S/C17H21N3O3/c21-17(18-16-12-13-6-9-19(16)10-7-13)14-2-4-15(5-3-14)23-20-8-1-11-22-20/h1-5,8,13,16H,6-7,9-12H2,(H,18,21). The Morgan fingerprint density at radius 1 is 1.22 bits per heavy atom. The predicted molar refractivity (Wildman–Crippen MR) is 84.2 cm³/mol. The molecule has 0 radical (unpaired) electrons. The Morgan fingerprint density at radius 3 is 2.61 bits per heavy atom. The van der Waals surface area contributed by atoms with Gasteiger partial charge >= 0.3 is 0 Å². The molecular formula is C17H21N3O3. The van der Waals surface area contributed by atoms with Gasteiger partial charge in [0.2, 0.25) is 0 Å². The second-order valence-electron chi connectivity index (χ2n) is 6.29. The van der Waals surface area contributed by atoms with Gasteiger partial charge in [-0.25, -0.2) is 4.84 Å². The van der Waals surface area contributed by atoms with Gasteiger partial charge in [-0.15, -0.1) is 0 Å². The van der Waals surface area contributed by atoms with Gasteiger partial charge in [0.25, 0.3) is 5.91 Å². The summed E-state index contributed by atoms with van der Waals surface area (Å²) in [5, 5.41) is 4.47. The number of carbonyl (C=O) groups is 1. The van der Waals surface area contributed by atoms with E-state index in [1.807, 2.05) is 6.08 Å². The van der Waals surface area contributed by atoms with Gasteiger partial charge in [-0.3, -0.25) is 9.69 Å². The van der Waals surface area contributed by atoms with Crippen molar-refractivity contribution in [1.29, 1.82) is 0 Å². The molecule has 2 bridgehead atoms. The topological polar surface area (TPSA) is 54.0 Å². The summed E-state index contributed by atoms with van der Waals surface area (Å²) in [6.07, 6.45) is 7.37. The SMILES string of the molecule is O=C(NC1CC2CCN1CC2)c1ccc(ON2C=CCO2)cc1. The summed E-state index contributed by atoms with van der Waals surface area (Å²) in [4.78, 5) is 25.5. The Morgan fingerprint density at radius 2 is 2.00 bits per heavy atom. The molecule has 3 saturated heterocycles. The highest BCUT2D eigenvalue weighted by atomic mass is 17.0. The number of piperidine rings is 3. The Balaban J connectivity index is 1.35. The summed E-state index contributed by atoms with van der Waals surface area (Å²) in [5.74, 6) is 1.38. The number of fused-ring (bicyclic) bond motifs is 3. The third kappa shape index (κ3) is 3.18. The zero-order valence-corrected chi connectivity index (χ0v) is 13.0. The van der Waals surface area contributed by atoms with E-state index in [9.17, 15) is 4.79 Å². The molecule has 1 N–H and O–H groups in total. The van der Waals surface area contributed by atoms with Gasteiger partial charge in [0.1, 0.15) is 0 Å². The van der Waals surface area contributed by atoms with E-state index in [1.54, 1.807) is 30.5 Å². The number of benzene rings is 1. The molecule has 1 amide bonds. The molecule has 4 aliphatic rings. The summed E-state index contributed by atoms with van der Waals surface area (Å²) in [5.41, 5.74) is 0.651. The molecule has 3 fully saturated rings. The minimum absolute atomic E-state index is 0.0218. The van der Waals surface area contributed by atoms with Crippen LogP contribution >= 0.6 is 0 Å². The summed E-state index contributed by atoms with van der Waals surface area (Å²) >= 11 is 0. The van der Waals surface area contributed by atoms with Crippen molar-refractivity contribution in [2.45, 2.75) is 25.4 Å². The predicted octanol–water partition coefficient (Wildman–Crippen LogP) is 1.91. The van der Waals surface area contributed by atoms with Crippen molar-refractivity contribution >= 4 is 5.91 Å². The summed E-state index contributed by atoms with van der Waals surface area (Å²) in [6.45, 7) is 2.72. The highest BCUT2D eigenvalue weighted by Crippen LogP contribution is 2.30. The number of hydrogen-bond donors (Lipinski definition) is 1. The number of amides is 1. The molecule has 6 nitrogen and oxygen atoms in total. The maximum Gasteiger partial charge on any atom is 0.252 e. The fourth-order valence-corrected chi connectivity index (χ4v) is 3.47. The van der Waals surface area contributed by atoms with Crippen LogP contribution in [0, 0.1) is 5.92 Å². The maximum atomic E-state index is 12.4. The lowest BCUT2D eigenvalue weighted by Crippen LogP contribution is -2.56. The van der Waals surface area contributed by atoms with Crippen LogP contribution in [0.4, 0.5) is 0 Å². The van der Waals surface area contributed by atoms with E-state index in [0.717, 1.165) is 25.4 Å². The van der Waals surface area contributed by atoms with Crippen LogP contribution in [-0.2, 0) is 4.84 Å². The third-order valence-electron chi connectivity index (χ3n) is 4.78. The van der Waals surface area contributed by atoms with Gasteiger partial charge in [-0.1, -0.05) is 5.23 Å². The average Bonchev–Trinajstić information content (AvgIpc) is 3.09. The lowest BCUT2D eigenvalue weighted by atomic mass is 9.86. The lowest BCUT2D eigenvalue weighted by Gasteiger charge is -2.45. The zero-order valence-electron chi connectivity index (χ0n) is 13.0. The first-order chi connectivity index (χ1) is 11.3. The molecule has 1 aromatic carbocycles. The van der Waals surface area contributed by atoms with Gasteiger partial charge in [-0.2, -0.15) is 0 Å². The van der Waals surface area contributed by atoms with Gasteiger partial charge in [0.15, 0.2) is 5.75 Å². The van der Waals surface area contributed by atoms with E-state index in [4.69, 9.17) is 9.68 Å². The van der Waals surface area contributed by atoms with E-state index in [-0.39, 0.29) is 12.1 Å². The van der Waals surface area contributed by atoms with Crippen molar-refractivity contribution in [2.24, 2.45) is 5.92 Å². The van der Waals surface area contributed by atoms with Crippen LogP contribution in [0.1, 0.15) is 29.6 Å². The van der Waals surface area contributed by atoms with Gasteiger partial charge in [0, 0.05) is 18.7 Å². The molecule has 4 aliphatic heterocycles. The fourth-order valence-electron chi connectivity index (χ4n) is 3.47. The van der Waals surface area contributed by atoms with E-state index < -0.39 is 0 Å². The van der Waals surface area contributed by atoms with Crippen LogP contribution in [0.15, 0.2) is 36.5 Å². The molecule has 0 saturated carbocycles. The van der Waals surface area contributed by atoms with Crippen molar-refractivity contribution in [3.8, 4) is 5.75 Å². The van der Waals surface area contributed by atoms with Crippen LogP contribution in [-0.4, -0.2) is 41.9 Å². The van der Waals surface area contributed by atoms with Crippen LogP contribution in [0.5, 0.6) is 5.75 Å². The highest BCUT2D eigenvalue weighted by molar-refractivity contribution is 5.94. The molecular weight excluding hydrogens is 294 g/mol. The fraction of sp³-hybridized carbons (Fsp3) is 0.471. The number of rotatable bonds is 4. The van der Waals surface area contributed by atoms with Crippen molar-refractivity contribution in [1.82, 2.24) is 15.4 Å². The Kier molecular flexibility index (Phi) is 3.93. The average molecular weight is 315 g/mol. The van der Waals surface area contributed by atoms with Crippen LogP contribution in [0.25, 0.3) is 0 Å². The van der Waals surface area contributed by atoms with Crippen molar-refractivity contribution in [2.75, 3.05) is 19.7 Å². The maximum absolute atomic E-state index is 12.4. The zero-order chi connectivity index (χ0) is 15.6. The second-order valence-corrected chi connectivity index (χ2v) is 6.29. The minimum Gasteiger partial charge on any atom is -0.354 e. The van der Waals surface area contributed by atoms with E-state index in [1.165, 1.54) is 18.1 Å². The van der Waals surface area contributed by atoms with Gasteiger partial charge in [0.05, 0.1) is 19.0 Å². The first-order valence-corrected chi connectivity index (χ1v) is 8.20. The second kappa shape index (κ2) is 6.22. The molecule has 0 aromatic heterocycles. The van der Waals surface area contributed by atoms with Crippen LogP contribution in [0.3, 0.4) is 0 Å². The number of nitrogens with zero attached hydrogens (tertiary/aromatic N) is 2. The lowest BCUT2D eigenvalue weighted by molar-refractivity contribution is -0.263. The molecule has 1 atom stereocenters. The summed E-state index contributed by atoms with van der Waals surface area (Å²) in [6, 6.07) is 7.11. The number of carbonyl (C=O) groups excluding carboxylic acids is 1. The molecule has 23 heavy (non-hydrogen) atoms. The largest absolute Gasteiger partial charge is 0.354 e. The van der Waals surface area contributed by atoms with Crippen LogP contribution in [0.2, 0.25) is 0 Å². The number of hydrogen-bond acceptors (Lipinski definition) is 5. The Bertz CT molecular complexity index is 594. The van der Waals surface area contributed by atoms with Crippen molar-refractivity contribution in [3.63, 3.8) is 0 Å². The summed E-state index contributed by atoms with van der Waals surface area (Å²) < 4.78 is 0. The van der Waals surface area contributed by atoms with Crippen molar-refractivity contribution in [3.05, 3.63) is 42.1 Å². The van der Waals surface area contributed by atoms with Crippen LogP contribution < -0.4 is 10.2 Å². The first kappa shape index (κ1) is 14.5. The molecule has 1 unspecified atom stereocenters. The van der Waals surface area contributed by atoms with E-state index >= 15 is 0 Å². The first-order valence-electron chi connectivity index (χ1n) is 8.20. The van der Waals surface area contributed by atoms with Crippen molar-refractivity contribution < 1.29 is 14.5 Å². The van der Waals surface area contributed by atoms with E-state index in [0.29, 0.717) is 17.9 Å². The smallest absolute Gasteiger partial charge is 0.252 e. The molecule has 5 rings (SSSR count). The van der Waals surface area contributed by atoms with E-state index in [2.05, 4.69) is 10.2 Å². The quantitative estimate of drug-likeness (QED) is 0.920. The minimum atomic E-state index is -0.0218. The number of nitrogens with one attached hydrogen (secondary N) is 1. The third-order valence-corrected chi connectivity index (χ3v) is 4.78. The normalized spacial score (nSPS) is 28.9. The van der Waals surface area contributed by atoms with Gasteiger partial charge in [-0.05, 0) is 55.5 Å². The molecule has 1 aromatic rings. The molecule has 6 heteroatoms. The Labute approximate surface area is 135 Å². The molecule has 0 spiro atoms. The Hall–Kier alpha value is -2.05.